The van der Waals surface area contributed by atoms with E-state index in [9.17, 15) is 4.79 Å². The number of anilines is 1. The molecule has 0 aliphatic carbocycles. The number of rotatable bonds is 9. The molecule has 0 bridgehead atoms. The third-order valence-electron chi connectivity index (χ3n) is 6.32. The number of ether oxygens (including phenoxy) is 2. The van der Waals surface area contributed by atoms with E-state index in [0.29, 0.717) is 34.7 Å². The van der Waals surface area contributed by atoms with Crippen molar-refractivity contribution in [1.29, 1.82) is 0 Å². The van der Waals surface area contributed by atoms with Crippen molar-refractivity contribution in [2.24, 2.45) is 0 Å². The number of esters is 1. The Morgan fingerprint density at radius 2 is 1.77 bits per heavy atom. The maximum Gasteiger partial charge on any atom is 0.338 e. The minimum atomic E-state index is -0.603. The third-order valence-corrected chi connectivity index (χ3v) is 7.53. The van der Waals surface area contributed by atoms with Gasteiger partial charge >= 0.3 is 5.97 Å². The van der Waals surface area contributed by atoms with E-state index in [-0.39, 0.29) is 6.61 Å². The van der Waals surface area contributed by atoms with Gasteiger partial charge in [-0.2, -0.15) is 4.98 Å². The summed E-state index contributed by atoms with van der Waals surface area (Å²) in [6.45, 7) is 6.53. The van der Waals surface area contributed by atoms with Crippen LogP contribution >= 0.6 is 27.7 Å². The van der Waals surface area contributed by atoms with Gasteiger partial charge in [0, 0.05) is 15.7 Å². The van der Waals surface area contributed by atoms with Crippen LogP contribution in [0.5, 0.6) is 5.75 Å². The van der Waals surface area contributed by atoms with E-state index in [1.807, 2.05) is 55.5 Å². The molecule has 1 atom stereocenters. The number of carbonyl (C=O) groups excluding carboxylic acids is 1. The number of allylic oxidation sites excluding steroid dienone is 1. The second kappa shape index (κ2) is 12.1. The Balaban J connectivity index is 1.54. The lowest BCUT2D eigenvalue weighted by atomic mass is 9.95. The van der Waals surface area contributed by atoms with E-state index in [4.69, 9.17) is 14.6 Å². The lowest BCUT2D eigenvalue weighted by Gasteiger charge is -2.29. The van der Waals surface area contributed by atoms with E-state index in [1.54, 1.807) is 16.4 Å². The molecule has 200 valence electrons. The van der Waals surface area contributed by atoms with Gasteiger partial charge in [0.25, 0.3) is 0 Å². The van der Waals surface area contributed by atoms with Crippen molar-refractivity contribution in [1.82, 2.24) is 14.8 Å². The Kier molecular flexibility index (Phi) is 8.38. The molecule has 1 unspecified atom stereocenters. The normalized spacial score (nSPS) is 14.5. The number of benzene rings is 3. The Hall–Kier alpha value is -3.56. The molecule has 3 aromatic carbocycles. The van der Waals surface area contributed by atoms with Crippen molar-refractivity contribution in [2.45, 2.75) is 45.2 Å². The zero-order valence-corrected chi connectivity index (χ0v) is 24.4. The molecule has 7 nitrogen and oxygen atoms in total. The minimum Gasteiger partial charge on any atom is -0.489 e. The van der Waals surface area contributed by atoms with Gasteiger partial charge in [-0.15, -0.1) is 5.10 Å². The number of thioether (sulfide) groups is 1. The molecule has 0 amide bonds. The molecule has 0 spiro atoms. The number of hydrogen-bond donors (Lipinski definition) is 1. The van der Waals surface area contributed by atoms with Crippen LogP contribution in [0.15, 0.2) is 93.7 Å². The summed E-state index contributed by atoms with van der Waals surface area (Å²) >= 11 is 5.16. The number of fused-ring (bicyclic) bond motifs is 1. The standard InChI is InChI=1S/C30H29BrN4O3S/c1-4-39-30-33-29-32-20(3)26(28(36)38-18-21-8-6-5-7-9-21)27(35(29)34-30)24-16-23(31)14-15-25(24)37-17-22-12-10-19(2)11-13-22/h5-16,27H,4,17-18H2,1-3H3,(H,32,33,34). The number of carbonyl (C=O) groups is 1. The summed E-state index contributed by atoms with van der Waals surface area (Å²) < 4.78 is 14.8. The SMILES string of the molecule is CCSc1nc2n(n1)C(c1cc(Br)ccc1OCc1ccc(C)cc1)C(C(=O)OCc1ccccc1)=C(C)N2. The molecule has 0 fully saturated rings. The van der Waals surface area contributed by atoms with Crippen molar-refractivity contribution in [3.63, 3.8) is 0 Å². The average Bonchev–Trinajstić information content (AvgIpc) is 3.33. The molecular weight excluding hydrogens is 576 g/mol. The molecule has 0 saturated heterocycles. The van der Waals surface area contributed by atoms with Crippen LogP contribution in [0.25, 0.3) is 0 Å². The maximum absolute atomic E-state index is 13.7. The summed E-state index contributed by atoms with van der Waals surface area (Å²) in [6, 6.07) is 23.1. The second-order valence-electron chi connectivity index (χ2n) is 9.18. The fourth-order valence-corrected chi connectivity index (χ4v) is 5.32. The third kappa shape index (κ3) is 6.20. The Bertz CT molecular complexity index is 1500. The molecule has 2 heterocycles. The van der Waals surface area contributed by atoms with Crippen LogP contribution in [-0.4, -0.2) is 26.5 Å². The lowest BCUT2D eigenvalue weighted by Crippen LogP contribution is -2.30. The first-order chi connectivity index (χ1) is 18.9. The van der Waals surface area contributed by atoms with E-state index < -0.39 is 12.0 Å². The quantitative estimate of drug-likeness (QED) is 0.162. The fourth-order valence-electron chi connectivity index (χ4n) is 4.38. The van der Waals surface area contributed by atoms with Gasteiger partial charge in [-0.05, 0) is 48.9 Å². The smallest absolute Gasteiger partial charge is 0.338 e. The first-order valence-electron chi connectivity index (χ1n) is 12.7. The Morgan fingerprint density at radius 1 is 1.03 bits per heavy atom. The zero-order valence-electron chi connectivity index (χ0n) is 22.0. The predicted molar refractivity (Wildman–Crippen MR) is 157 cm³/mol. The summed E-state index contributed by atoms with van der Waals surface area (Å²) in [5.74, 6) is 1.62. The Labute approximate surface area is 240 Å². The summed E-state index contributed by atoms with van der Waals surface area (Å²) in [5, 5.41) is 8.68. The van der Waals surface area contributed by atoms with E-state index in [1.165, 1.54) is 5.56 Å². The van der Waals surface area contributed by atoms with Gasteiger partial charge in [-0.3, -0.25) is 0 Å². The van der Waals surface area contributed by atoms with Crippen LogP contribution in [0.4, 0.5) is 5.95 Å². The highest BCUT2D eigenvalue weighted by Gasteiger charge is 2.37. The number of aromatic nitrogens is 3. The predicted octanol–water partition coefficient (Wildman–Crippen LogP) is 7.07. The van der Waals surface area contributed by atoms with Crippen LogP contribution in [0.1, 0.15) is 42.1 Å². The highest BCUT2D eigenvalue weighted by molar-refractivity contribution is 9.10. The first-order valence-corrected chi connectivity index (χ1v) is 14.5. The number of halogens is 1. The van der Waals surface area contributed by atoms with Crippen LogP contribution in [-0.2, 0) is 22.7 Å². The lowest BCUT2D eigenvalue weighted by molar-refractivity contribution is -0.140. The molecule has 1 N–H and O–H groups in total. The van der Waals surface area contributed by atoms with Crippen molar-refractivity contribution in [2.75, 3.05) is 11.1 Å². The number of nitrogens with zero attached hydrogens (tertiary/aromatic N) is 3. The molecule has 1 aliphatic heterocycles. The number of aryl methyl sites for hydroxylation is 1. The van der Waals surface area contributed by atoms with E-state index in [2.05, 4.69) is 64.3 Å². The zero-order chi connectivity index (χ0) is 27.4. The van der Waals surface area contributed by atoms with Crippen molar-refractivity contribution < 1.29 is 14.3 Å². The molecule has 1 aromatic heterocycles. The summed E-state index contributed by atoms with van der Waals surface area (Å²) in [5.41, 5.74) is 5.05. The molecule has 5 rings (SSSR count). The van der Waals surface area contributed by atoms with Gasteiger partial charge in [0.15, 0.2) is 0 Å². The van der Waals surface area contributed by atoms with Crippen LogP contribution in [0, 0.1) is 6.92 Å². The van der Waals surface area contributed by atoms with Gasteiger partial charge in [0.1, 0.15) is 25.0 Å². The number of hydrogen-bond acceptors (Lipinski definition) is 7. The van der Waals surface area contributed by atoms with Crippen molar-refractivity contribution >= 4 is 39.6 Å². The van der Waals surface area contributed by atoms with Gasteiger partial charge in [0.05, 0.1) is 5.57 Å². The summed E-state index contributed by atoms with van der Waals surface area (Å²) in [7, 11) is 0. The van der Waals surface area contributed by atoms with E-state index in [0.717, 1.165) is 26.9 Å². The molecule has 1 aliphatic rings. The average molecular weight is 606 g/mol. The van der Waals surface area contributed by atoms with Gasteiger partial charge in [-0.1, -0.05) is 94.8 Å². The van der Waals surface area contributed by atoms with Gasteiger partial charge < -0.3 is 14.8 Å². The van der Waals surface area contributed by atoms with Crippen LogP contribution in [0.2, 0.25) is 0 Å². The summed E-state index contributed by atoms with van der Waals surface area (Å²) in [6.07, 6.45) is 0. The van der Waals surface area contributed by atoms with Crippen LogP contribution < -0.4 is 10.1 Å². The van der Waals surface area contributed by atoms with Crippen molar-refractivity contribution in [3.8, 4) is 5.75 Å². The summed E-state index contributed by atoms with van der Waals surface area (Å²) in [4.78, 5) is 18.3. The Morgan fingerprint density at radius 3 is 2.51 bits per heavy atom. The molecule has 0 radical (unpaired) electrons. The minimum absolute atomic E-state index is 0.166. The highest BCUT2D eigenvalue weighted by Crippen LogP contribution is 2.41. The van der Waals surface area contributed by atoms with Gasteiger partial charge in [-0.25, -0.2) is 9.48 Å². The topological polar surface area (TPSA) is 78.3 Å². The first kappa shape index (κ1) is 27.0. The fraction of sp³-hybridized carbons (Fsp3) is 0.233. The number of nitrogens with one attached hydrogen (secondary N) is 1. The largest absolute Gasteiger partial charge is 0.489 e. The van der Waals surface area contributed by atoms with Crippen molar-refractivity contribution in [3.05, 3.63) is 111 Å². The van der Waals surface area contributed by atoms with Crippen LogP contribution in [0.3, 0.4) is 0 Å². The molecular formula is C30H29BrN4O3S. The monoisotopic (exact) mass is 604 g/mol. The molecule has 0 saturated carbocycles. The second-order valence-corrected chi connectivity index (χ2v) is 11.3. The van der Waals surface area contributed by atoms with E-state index >= 15 is 0 Å². The van der Waals surface area contributed by atoms with Gasteiger partial charge in [0.2, 0.25) is 11.1 Å². The molecule has 39 heavy (non-hydrogen) atoms. The molecule has 9 heteroatoms. The molecule has 4 aromatic rings. The maximum atomic E-state index is 13.7. The highest BCUT2D eigenvalue weighted by atomic mass is 79.9.